The number of halogens is 1. The van der Waals surface area contributed by atoms with Crippen LogP contribution >= 0.6 is 15.9 Å². The van der Waals surface area contributed by atoms with Crippen LogP contribution in [0, 0.1) is 0 Å². The van der Waals surface area contributed by atoms with Gasteiger partial charge in [-0.05, 0) is 53.5 Å². The van der Waals surface area contributed by atoms with Crippen molar-refractivity contribution < 1.29 is 14.0 Å². The largest absolute Gasteiger partial charge is 0.466 e. The average Bonchev–Trinajstić information content (AvgIpc) is 2.52. The maximum Gasteiger partial charge on any atom is 0.308 e. The summed E-state index contributed by atoms with van der Waals surface area (Å²) >= 11 is 3.56. The van der Waals surface area contributed by atoms with E-state index in [4.69, 9.17) is 9.16 Å². The third kappa shape index (κ3) is 4.96. The van der Waals surface area contributed by atoms with Gasteiger partial charge in [-0.15, -0.1) is 0 Å². The van der Waals surface area contributed by atoms with Gasteiger partial charge in [-0.1, -0.05) is 61.0 Å². The first-order valence-electron chi connectivity index (χ1n) is 9.07. The number of ether oxygens (including phenoxy) is 1. The number of hydrogen-bond acceptors (Lipinski definition) is 3. The molecular formula is C21H29BrO3Si. The summed E-state index contributed by atoms with van der Waals surface area (Å²) < 4.78 is 12.9. The summed E-state index contributed by atoms with van der Waals surface area (Å²) in [7, 11) is -2.06. The summed E-state index contributed by atoms with van der Waals surface area (Å²) in [6.45, 7) is 13.3. The second kappa shape index (κ2) is 8.24. The lowest BCUT2D eigenvalue weighted by Crippen LogP contribution is -2.42. The Bertz CT molecular complexity index is 780. The summed E-state index contributed by atoms with van der Waals surface area (Å²) in [4.78, 5) is 12.3. The highest BCUT2D eigenvalue weighted by Crippen LogP contribution is 2.42. The monoisotopic (exact) mass is 436 g/mol. The van der Waals surface area contributed by atoms with Crippen molar-refractivity contribution >= 4 is 41.0 Å². The molecule has 2 aromatic carbocycles. The van der Waals surface area contributed by atoms with Crippen molar-refractivity contribution in [2.75, 3.05) is 6.61 Å². The molecule has 2 aromatic rings. The molecule has 26 heavy (non-hydrogen) atoms. The zero-order chi connectivity index (χ0) is 19.5. The van der Waals surface area contributed by atoms with E-state index in [9.17, 15) is 4.79 Å². The number of carbonyl (C=O) groups is 1. The fourth-order valence-electron chi connectivity index (χ4n) is 2.67. The summed E-state index contributed by atoms with van der Waals surface area (Å²) in [5, 5.41) is 2.30. The lowest BCUT2D eigenvalue weighted by atomic mass is 9.99. The number of hydrogen-bond donors (Lipinski definition) is 0. The zero-order valence-corrected chi connectivity index (χ0v) is 19.1. The number of esters is 1. The molecule has 0 spiro atoms. The Balaban J connectivity index is 2.50. The summed E-state index contributed by atoms with van der Waals surface area (Å²) in [6.07, 6.45) is -0.0839. The fourth-order valence-corrected chi connectivity index (χ4v) is 4.30. The predicted octanol–water partition coefficient (Wildman–Crippen LogP) is 6.62. The van der Waals surface area contributed by atoms with Crippen molar-refractivity contribution in [1.29, 1.82) is 0 Å². The lowest BCUT2D eigenvalue weighted by molar-refractivity contribution is -0.145. The van der Waals surface area contributed by atoms with Crippen LogP contribution in [-0.4, -0.2) is 20.9 Å². The number of rotatable bonds is 6. The van der Waals surface area contributed by atoms with Gasteiger partial charge in [0.15, 0.2) is 8.32 Å². The van der Waals surface area contributed by atoms with E-state index >= 15 is 0 Å². The quantitative estimate of drug-likeness (QED) is 0.376. The van der Waals surface area contributed by atoms with Crippen molar-refractivity contribution in [3.8, 4) is 0 Å². The Morgan fingerprint density at radius 3 is 2.50 bits per heavy atom. The molecule has 0 saturated heterocycles. The van der Waals surface area contributed by atoms with E-state index in [2.05, 4.69) is 74.1 Å². The minimum atomic E-state index is -2.06. The first-order valence-corrected chi connectivity index (χ1v) is 12.8. The smallest absolute Gasteiger partial charge is 0.308 e. The third-order valence-electron chi connectivity index (χ3n) is 5.13. The zero-order valence-electron chi connectivity index (χ0n) is 16.6. The molecule has 1 atom stereocenters. The van der Waals surface area contributed by atoms with Gasteiger partial charge in [0.2, 0.25) is 0 Å². The maximum absolute atomic E-state index is 12.3. The average molecular weight is 437 g/mol. The van der Waals surface area contributed by atoms with Crippen LogP contribution in [0.2, 0.25) is 18.1 Å². The van der Waals surface area contributed by atoms with Gasteiger partial charge in [-0.2, -0.15) is 0 Å². The molecule has 0 radical (unpaired) electrons. The summed E-state index contributed by atoms with van der Waals surface area (Å²) in [5.74, 6) is -0.219. The molecule has 0 aromatic heterocycles. The van der Waals surface area contributed by atoms with Crippen LogP contribution in [0.1, 0.15) is 45.8 Å². The normalized spacial score (nSPS) is 13.7. The molecule has 0 bridgehead atoms. The van der Waals surface area contributed by atoms with E-state index in [0.717, 1.165) is 20.8 Å². The molecule has 0 aliphatic heterocycles. The highest BCUT2D eigenvalue weighted by Gasteiger charge is 2.40. The van der Waals surface area contributed by atoms with Gasteiger partial charge < -0.3 is 9.16 Å². The molecular weight excluding hydrogens is 408 g/mol. The fraction of sp³-hybridized carbons (Fsp3) is 0.476. The van der Waals surface area contributed by atoms with Gasteiger partial charge >= 0.3 is 5.97 Å². The predicted molar refractivity (Wildman–Crippen MR) is 114 cm³/mol. The first-order chi connectivity index (χ1) is 12.0. The van der Waals surface area contributed by atoms with Crippen molar-refractivity contribution in [1.82, 2.24) is 0 Å². The second-order valence-corrected chi connectivity index (χ2v) is 13.8. The molecule has 0 aliphatic carbocycles. The van der Waals surface area contributed by atoms with Crippen LogP contribution < -0.4 is 0 Å². The molecule has 0 saturated carbocycles. The lowest BCUT2D eigenvalue weighted by Gasteiger charge is -2.39. The third-order valence-corrected chi connectivity index (χ3v) is 10.1. The molecule has 2 rings (SSSR count). The van der Waals surface area contributed by atoms with Gasteiger partial charge in [0.05, 0.1) is 19.1 Å². The number of benzene rings is 2. The molecule has 3 nitrogen and oxygen atoms in total. The van der Waals surface area contributed by atoms with Crippen LogP contribution in [0.25, 0.3) is 10.8 Å². The molecule has 0 heterocycles. The van der Waals surface area contributed by atoms with Crippen LogP contribution in [0.15, 0.2) is 40.9 Å². The molecule has 5 heteroatoms. The van der Waals surface area contributed by atoms with Crippen LogP contribution in [0.5, 0.6) is 0 Å². The molecule has 142 valence electrons. The van der Waals surface area contributed by atoms with Crippen LogP contribution in [0.4, 0.5) is 0 Å². The van der Waals surface area contributed by atoms with Gasteiger partial charge in [0.1, 0.15) is 0 Å². The number of fused-ring (bicyclic) bond motifs is 1. The van der Waals surface area contributed by atoms with Crippen molar-refractivity contribution in [3.63, 3.8) is 0 Å². The minimum Gasteiger partial charge on any atom is -0.466 e. The Labute approximate surface area is 166 Å². The minimum absolute atomic E-state index is 0.0606. The Morgan fingerprint density at radius 2 is 1.88 bits per heavy atom. The van der Waals surface area contributed by atoms with Crippen molar-refractivity contribution in [2.45, 2.75) is 58.4 Å². The van der Waals surface area contributed by atoms with E-state index < -0.39 is 8.32 Å². The molecule has 0 amide bonds. The topological polar surface area (TPSA) is 35.5 Å². The van der Waals surface area contributed by atoms with Gasteiger partial charge in [-0.25, -0.2) is 0 Å². The van der Waals surface area contributed by atoms with E-state index in [-0.39, 0.29) is 23.5 Å². The van der Waals surface area contributed by atoms with Crippen molar-refractivity contribution in [3.05, 3.63) is 46.4 Å². The molecule has 0 fully saturated rings. The number of carbonyl (C=O) groups excluding carboxylic acids is 1. The van der Waals surface area contributed by atoms with E-state index in [1.807, 2.05) is 19.1 Å². The Morgan fingerprint density at radius 1 is 1.19 bits per heavy atom. The van der Waals surface area contributed by atoms with Crippen LogP contribution in [-0.2, 0) is 14.0 Å². The first kappa shape index (κ1) is 21.1. The van der Waals surface area contributed by atoms with Crippen LogP contribution in [0.3, 0.4) is 0 Å². The van der Waals surface area contributed by atoms with E-state index in [1.54, 1.807) is 0 Å². The van der Waals surface area contributed by atoms with E-state index in [1.165, 1.54) is 0 Å². The molecule has 0 aliphatic rings. The van der Waals surface area contributed by atoms with Gasteiger partial charge in [-0.3, -0.25) is 4.79 Å². The summed E-state index contributed by atoms with van der Waals surface area (Å²) in [5.41, 5.74) is 1.04. The second-order valence-electron chi connectivity index (χ2n) is 8.09. The SMILES string of the molecule is CCOC(=O)CC(O[Si](C)(C)C(C)(C)C)c1cccc2ccc(Br)cc12. The van der Waals surface area contributed by atoms with Crippen molar-refractivity contribution in [2.24, 2.45) is 0 Å². The van der Waals surface area contributed by atoms with Gasteiger partial charge in [0, 0.05) is 4.47 Å². The molecule has 0 N–H and O–H groups in total. The maximum atomic E-state index is 12.3. The van der Waals surface area contributed by atoms with Gasteiger partial charge in [0.25, 0.3) is 0 Å². The van der Waals surface area contributed by atoms with E-state index in [0.29, 0.717) is 6.61 Å². The molecule has 1 unspecified atom stereocenters. The Hall–Kier alpha value is -1.17. The highest BCUT2D eigenvalue weighted by molar-refractivity contribution is 9.10. The highest BCUT2D eigenvalue weighted by atomic mass is 79.9. The summed E-state index contributed by atoms with van der Waals surface area (Å²) in [6, 6.07) is 12.4. The standard InChI is InChI=1S/C21H29BrO3Si/c1-7-24-20(23)14-19(25-26(5,6)21(2,3)4)17-10-8-9-15-11-12-16(22)13-18(15)17/h8-13,19H,7,14H2,1-6H3. The Kier molecular flexibility index (Phi) is 6.69.